The summed E-state index contributed by atoms with van der Waals surface area (Å²) in [6.07, 6.45) is 0. The Morgan fingerprint density at radius 3 is 2.62 bits per heavy atom. The molecule has 0 spiro atoms. The van der Waals surface area contributed by atoms with E-state index in [1.807, 2.05) is 44.2 Å². The van der Waals surface area contributed by atoms with E-state index < -0.39 is 0 Å². The van der Waals surface area contributed by atoms with Gasteiger partial charge in [-0.3, -0.25) is 9.48 Å². The molecule has 1 unspecified atom stereocenters. The molecular formula is C15H19ClN4O. The second-order valence-electron chi connectivity index (χ2n) is 5.00. The standard InChI is InChI=1S/C15H19ClN4O/c1-10-8-14(20(3)19-10)18-15(21)9-17-11(2)12-4-6-13(16)7-5-12/h4-8,11,17H,9H2,1-3H3,(H,18,21). The molecule has 0 bridgehead atoms. The van der Waals surface area contributed by atoms with Gasteiger partial charge in [0.15, 0.2) is 0 Å². The molecule has 2 aromatic rings. The van der Waals surface area contributed by atoms with E-state index in [0.717, 1.165) is 11.3 Å². The molecule has 1 atom stereocenters. The Hall–Kier alpha value is -1.85. The number of anilines is 1. The molecule has 2 N–H and O–H groups in total. The van der Waals surface area contributed by atoms with Crippen molar-refractivity contribution in [3.8, 4) is 0 Å². The van der Waals surface area contributed by atoms with E-state index in [1.54, 1.807) is 11.7 Å². The summed E-state index contributed by atoms with van der Waals surface area (Å²) in [5.74, 6) is 0.595. The smallest absolute Gasteiger partial charge is 0.239 e. The van der Waals surface area contributed by atoms with Crippen LogP contribution in [0, 0.1) is 6.92 Å². The van der Waals surface area contributed by atoms with E-state index in [0.29, 0.717) is 10.8 Å². The summed E-state index contributed by atoms with van der Waals surface area (Å²) < 4.78 is 1.65. The van der Waals surface area contributed by atoms with Gasteiger partial charge in [-0.15, -0.1) is 0 Å². The summed E-state index contributed by atoms with van der Waals surface area (Å²) in [4.78, 5) is 11.9. The number of nitrogens with zero attached hydrogens (tertiary/aromatic N) is 2. The summed E-state index contributed by atoms with van der Waals surface area (Å²) in [7, 11) is 1.80. The number of halogens is 1. The largest absolute Gasteiger partial charge is 0.310 e. The zero-order valence-corrected chi connectivity index (χ0v) is 13.1. The second-order valence-corrected chi connectivity index (χ2v) is 5.43. The molecule has 0 aliphatic carbocycles. The van der Waals surface area contributed by atoms with E-state index in [4.69, 9.17) is 11.6 Å². The maximum Gasteiger partial charge on any atom is 0.239 e. The highest BCUT2D eigenvalue weighted by molar-refractivity contribution is 6.30. The third kappa shape index (κ3) is 4.31. The van der Waals surface area contributed by atoms with Crippen molar-refractivity contribution < 1.29 is 4.79 Å². The predicted octanol–water partition coefficient (Wildman–Crippen LogP) is 2.67. The molecule has 1 aromatic carbocycles. The summed E-state index contributed by atoms with van der Waals surface area (Å²) in [5, 5.41) is 10.9. The minimum absolute atomic E-state index is 0.0706. The van der Waals surface area contributed by atoms with Gasteiger partial charge in [-0.1, -0.05) is 23.7 Å². The Kier molecular flexibility index (Phi) is 4.98. The maximum absolute atomic E-state index is 11.9. The SMILES string of the molecule is Cc1cc(NC(=O)CNC(C)c2ccc(Cl)cc2)n(C)n1. The van der Waals surface area contributed by atoms with Crippen LogP contribution < -0.4 is 10.6 Å². The Morgan fingerprint density at radius 2 is 2.05 bits per heavy atom. The fraction of sp³-hybridized carbons (Fsp3) is 0.333. The molecule has 1 amide bonds. The topological polar surface area (TPSA) is 59.0 Å². The van der Waals surface area contributed by atoms with Gasteiger partial charge in [-0.2, -0.15) is 5.10 Å². The van der Waals surface area contributed by atoms with Crippen molar-refractivity contribution in [2.24, 2.45) is 7.05 Å². The van der Waals surface area contributed by atoms with Crippen LogP contribution in [0.4, 0.5) is 5.82 Å². The van der Waals surface area contributed by atoms with Crippen molar-refractivity contribution in [2.75, 3.05) is 11.9 Å². The number of rotatable bonds is 5. The predicted molar refractivity (Wildman–Crippen MR) is 84.4 cm³/mol. The minimum atomic E-state index is -0.0983. The van der Waals surface area contributed by atoms with E-state index >= 15 is 0 Å². The first-order chi connectivity index (χ1) is 9.95. The average molecular weight is 307 g/mol. The Morgan fingerprint density at radius 1 is 1.38 bits per heavy atom. The third-order valence-corrected chi connectivity index (χ3v) is 3.46. The zero-order chi connectivity index (χ0) is 15.4. The summed E-state index contributed by atoms with van der Waals surface area (Å²) in [6.45, 7) is 4.12. The molecule has 0 saturated heterocycles. The number of nitrogens with one attached hydrogen (secondary N) is 2. The minimum Gasteiger partial charge on any atom is -0.310 e. The van der Waals surface area contributed by atoms with Crippen molar-refractivity contribution >= 4 is 23.3 Å². The monoisotopic (exact) mass is 306 g/mol. The van der Waals surface area contributed by atoms with Crippen LogP contribution >= 0.6 is 11.6 Å². The number of carbonyl (C=O) groups excluding carboxylic acids is 1. The van der Waals surface area contributed by atoms with Gasteiger partial charge in [0.1, 0.15) is 5.82 Å². The molecule has 0 fully saturated rings. The van der Waals surface area contributed by atoms with Crippen molar-refractivity contribution in [1.82, 2.24) is 15.1 Å². The highest BCUT2D eigenvalue weighted by atomic mass is 35.5. The van der Waals surface area contributed by atoms with Crippen LogP contribution in [0.25, 0.3) is 0 Å². The van der Waals surface area contributed by atoms with E-state index in [1.165, 1.54) is 0 Å². The molecule has 0 radical (unpaired) electrons. The van der Waals surface area contributed by atoms with Crippen LogP contribution in [0.15, 0.2) is 30.3 Å². The van der Waals surface area contributed by atoms with Gasteiger partial charge in [-0.25, -0.2) is 0 Å². The number of carbonyl (C=O) groups is 1. The molecule has 5 nitrogen and oxygen atoms in total. The third-order valence-electron chi connectivity index (χ3n) is 3.21. The number of hydrogen-bond donors (Lipinski definition) is 2. The lowest BCUT2D eigenvalue weighted by Gasteiger charge is -2.14. The van der Waals surface area contributed by atoms with Crippen LogP contribution in [0.5, 0.6) is 0 Å². The van der Waals surface area contributed by atoms with Crippen molar-refractivity contribution in [2.45, 2.75) is 19.9 Å². The lowest BCUT2D eigenvalue weighted by Crippen LogP contribution is -2.30. The van der Waals surface area contributed by atoms with Crippen molar-refractivity contribution in [3.05, 3.63) is 46.6 Å². The molecule has 6 heteroatoms. The number of benzene rings is 1. The molecule has 0 saturated carbocycles. The van der Waals surface area contributed by atoms with Gasteiger partial charge in [0, 0.05) is 24.2 Å². The summed E-state index contributed by atoms with van der Waals surface area (Å²) >= 11 is 5.86. The molecule has 112 valence electrons. The lowest BCUT2D eigenvalue weighted by molar-refractivity contribution is -0.115. The highest BCUT2D eigenvalue weighted by Crippen LogP contribution is 2.15. The van der Waals surface area contributed by atoms with Crippen LogP contribution in [0.1, 0.15) is 24.2 Å². The highest BCUT2D eigenvalue weighted by Gasteiger charge is 2.10. The number of amides is 1. The van der Waals surface area contributed by atoms with Gasteiger partial charge >= 0.3 is 0 Å². The first-order valence-corrected chi connectivity index (χ1v) is 7.13. The first kappa shape index (κ1) is 15.5. The van der Waals surface area contributed by atoms with Gasteiger partial charge in [0.05, 0.1) is 12.2 Å². The second kappa shape index (κ2) is 6.74. The molecule has 0 aliphatic rings. The van der Waals surface area contributed by atoms with Crippen molar-refractivity contribution in [1.29, 1.82) is 0 Å². The molecule has 0 aliphatic heterocycles. The molecule has 21 heavy (non-hydrogen) atoms. The van der Waals surface area contributed by atoms with Gasteiger partial charge in [0.2, 0.25) is 5.91 Å². The van der Waals surface area contributed by atoms with Crippen LogP contribution in [-0.4, -0.2) is 22.2 Å². The van der Waals surface area contributed by atoms with Crippen LogP contribution in [0.2, 0.25) is 5.02 Å². The Labute approximate surface area is 129 Å². The van der Waals surface area contributed by atoms with E-state index in [9.17, 15) is 4.79 Å². The van der Waals surface area contributed by atoms with E-state index in [-0.39, 0.29) is 18.5 Å². The van der Waals surface area contributed by atoms with Crippen LogP contribution in [-0.2, 0) is 11.8 Å². The zero-order valence-electron chi connectivity index (χ0n) is 12.4. The molecule has 2 rings (SSSR count). The Bertz CT molecular complexity index is 621. The summed E-state index contributed by atoms with van der Waals surface area (Å²) in [5.41, 5.74) is 1.96. The first-order valence-electron chi connectivity index (χ1n) is 6.75. The lowest BCUT2D eigenvalue weighted by atomic mass is 10.1. The maximum atomic E-state index is 11.9. The van der Waals surface area contributed by atoms with Gasteiger partial charge in [0.25, 0.3) is 0 Å². The van der Waals surface area contributed by atoms with Crippen molar-refractivity contribution in [3.63, 3.8) is 0 Å². The summed E-state index contributed by atoms with van der Waals surface area (Å²) in [6, 6.07) is 9.48. The fourth-order valence-corrected chi connectivity index (χ4v) is 2.16. The number of aryl methyl sites for hydroxylation is 2. The normalized spacial score (nSPS) is 12.2. The fourth-order valence-electron chi connectivity index (χ4n) is 2.03. The molecule has 1 heterocycles. The van der Waals surface area contributed by atoms with Crippen LogP contribution in [0.3, 0.4) is 0 Å². The average Bonchev–Trinajstić information content (AvgIpc) is 2.75. The quantitative estimate of drug-likeness (QED) is 0.893. The van der Waals surface area contributed by atoms with Gasteiger partial charge in [-0.05, 0) is 31.5 Å². The number of aromatic nitrogens is 2. The number of hydrogen-bond acceptors (Lipinski definition) is 3. The molecule has 1 aromatic heterocycles. The molecular weight excluding hydrogens is 288 g/mol. The van der Waals surface area contributed by atoms with E-state index in [2.05, 4.69) is 15.7 Å². The van der Waals surface area contributed by atoms with Gasteiger partial charge < -0.3 is 10.6 Å². The Balaban J connectivity index is 1.86.